The molecule has 1 aromatic carbocycles. The number of nitrogens with zero attached hydrogens (tertiary/aromatic N) is 5. The van der Waals surface area contributed by atoms with Crippen LogP contribution in [0, 0.1) is 24.4 Å². The van der Waals surface area contributed by atoms with E-state index in [4.69, 9.17) is 0 Å². The first-order chi connectivity index (χ1) is 13.9. The van der Waals surface area contributed by atoms with Gasteiger partial charge >= 0.3 is 0 Å². The van der Waals surface area contributed by atoms with E-state index in [0.29, 0.717) is 34.2 Å². The lowest BCUT2D eigenvalue weighted by Gasteiger charge is -2.07. The fraction of sp³-hybridized carbons (Fsp3) is 0.0556. The van der Waals surface area contributed by atoms with Crippen LogP contribution in [0.1, 0.15) is 16.1 Å². The third-order valence-electron chi connectivity index (χ3n) is 3.92. The molecule has 3 heterocycles. The van der Waals surface area contributed by atoms with Crippen molar-refractivity contribution in [3.05, 3.63) is 71.0 Å². The molecule has 1 N–H and O–H groups in total. The number of carbonyl (C=O) groups is 1. The quantitative estimate of drug-likeness (QED) is 0.548. The minimum absolute atomic E-state index is 0.0214. The topological polar surface area (TPSA) is 85.6 Å². The van der Waals surface area contributed by atoms with Crippen molar-refractivity contribution in [2.75, 3.05) is 5.32 Å². The third kappa shape index (κ3) is 3.72. The van der Waals surface area contributed by atoms with Crippen LogP contribution in [0.4, 0.5) is 19.0 Å². The Morgan fingerprint density at radius 1 is 1.10 bits per heavy atom. The summed E-state index contributed by atoms with van der Waals surface area (Å²) in [5, 5.41) is 9.14. The summed E-state index contributed by atoms with van der Waals surface area (Å²) < 4.78 is 42.0. The molecule has 0 saturated carbocycles. The third-order valence-corrected chi connectivity index (χ3v) is 4.68. The highest BCUT2D eigenvalue weighted by Gasteiger charge is 2.20. The summed E-state index contributed by atoms with van der Waals surface area (Å²) in [7, 11) is 0. The Morgan fingerprint density at radius 2 is 1.86 bits per heavy atom. The molecule has 146 valence electrons. The molecule has 4 aromatic rings. The van der Waals surface area contributed by atoms with E-state index in [1.54, 1.807) is 24.0 Å². The van der Waals surface area contributed by atoms with Gasteiger partial charge in [-0.15, -0.1) is 11.3 Å². The average molecular weight is 416 g/mol. The number of hydrogen-bond donors (Lipinski definition) is 1. The summed E-state index contributed by atoms with van der Waals surface area (Å²) >= 11 is 1.42. The molecule has 29 heavy (non-hydrogen) atoms. The molecule has 1 amide bonds. The van der Waals surface area contributed by atoms with E-state index in [1.807, 2.05) is 5.38 Å². The fourth-order valence-electron chi connectivity index (χ4n) is 2.61. The van der Waals surface area contributed by atoms with E-state index in [0.717, 1.165) is 0 Å². The Morgan fingerprint density at radius 3 is 2.48 bits per heavy atom. The summed E-state index contributed by atoms with van der Waals surface area (Å²) in [6.45, 7) is 1.80. The monoisotopic (exact) mass is 416 g/mol. The van der Waals surface area contributed by atoms with Gasteiger partial charge in [-0.05, 0) is 6.92 Å². The van der Waals surface area contributed by atoms with E-state index < -0.39 is 28.9 Å². The molecule has 0 saturated heterocycles. The van der Waals surface area contributed by atoms with Crippen molar-refractivity contribution in [1.29, 1.82) is 0 Å². The van der Waals surface area contributed by atoms with E-state index >= 15 is 0 Å². The average Bonchev–Trinajstić information content (AvgIpc) is 3.31. The van der Waals surface area contributed by atoms with E-state index in [2.05, 4.69) is 25.4 Å². The number of carbonyl (C=O) groups excluding carboxylic acids is 1. The number of rotatable bonds is 4. The molecule has 0 aliphatic rings. The highest BCUT2D eigenvalue weighted by atomic mass is 32.1. The standard InChI is InChI=1S/C18H11F3N6OS/c1-9-11(8-27(26-9)18-22-2-3-29-18)14-6-24-15(7-23-14)25-17(28)16-12(20)4-10(19)5-13(16)21/h2-8H,1H3,(H,24,25,28). The number of halogens is 3. The van der Waals surface area contributed by atoms with Crippen molar-refractivity contribution in [2.24, 2.45) is 0 Å². The largest absolute Gasteiger partial charge is 0.305 e. The van der Waals surface area contributed by atoms with Gasteiger partial charge in [0.1, 0.15) is 23.0 Å². The van der Waals surface area contributed by atoms with Gasteiger partial charge in [0.15, 0.2) is 5.82 Å². The minimum Gasteiger partial charge on any atom is -0.305 e. The van der Waals surface area contributed by atoms with Gasteiger partial charge in [0.05, 0.1) is 23.8 Å². The molecule has 0 radical (unpaired) electrons. The van der Waals surface area contributed by atoms with Gasteiger partial charge in [0, 0.05) is 35.5 Å². The van der Waals surface area contributed by atoms with Crippen LogP contribution in [0.2, 0.25) is 0 Å². The molecule has 3 aromatic heterocycles. The molecule has 0 unspecified atom stereocenters. The lowest BCUT2D eigenvalue weighted by molar-refractivity contribution is 0.101. The SMILES string of the molecule is Cc1nn(-c2nccs2)cc1-c1cnc(NC(=O)c2c(F)cc(F)cc2F)cn1. The van der Waals surface area contributed by atoms with Crippen molar-refractivity contribution < 1.29 is 18.0 Å². The van der Waals surface area contributed by atoms with Crippen molar-refractivity contribution in [2.45, 2.75) is 6.92 Å². The molecular weight excluding hydrogens is 405 g/mol. The first-order valence-electron chi connectivity index (χ1n) is 8.17. The number of aryl methyl sites for hydroxylation is 1. The summed E-state index contributed by atoms with van der Waals surface area (Å²) in [6, 6.07) is 0.852. The molecule has 0 aliphatic carbocycles. The van der Waals surface area contributed by atoms with Crippen molar-refractivity contribution in [3.8, 4) is 16.4 Å². The molecular formula is C18H11F3N6OS. The molecule has 0 bridgehead atoms. The Balaban J connectivity index is 1.55. The Hall–Kier alpha value is -3.60. The smallest absolute Gasteiger partial charge is 0.262 e. The van der Waals surface area contributed by atoms with Crippen LogP contribution in [0.3, 0.4) is 0 Å². The molecule has 0 spiro atoms. The second-order valence-corrected chi connectivity index (χ2v) is 6.75. The lowest BCUT2D eigenvalue weighted by Crippen LogP contribution is -2.17. The van der Waals surface area contributed by atoms with Crippen LogP contribution >= 0.6 is 11.3 Å². The molecule has 0 atom stereocenters. The molecule has 0 aliphatic heterocycles. The molecule has 7 nitrogen and oxygen atoms in total. The number of hydrogen-bond acceptors (Lipinski definition) is 6. The predicted octanol–water partition coefficient (Wildman–Crippen LogP) is 3.76. The maximum absolute atomic E-state index is 13.7. The first kappa shape index (κ1) is 18.7. The van der Waals surface area contributed by atoms with Gasteiger partial charge in [0.2, 0.25) is 5.13 Å². The zero-order valence-corrected chi connectivity index (χ0v) is 15.5. The van der Waals surface area contributed by atoms with Crippen LogP contribution in [0.5, 0.6) is 0 Å². The molecule has 0 fully saturated rings. The van der Waals surface area contributed by atoms with Crippen LogP contribution in [-0.4, -0.2) is 30.6 Å². The van der Waals surface area contributed by atoms with Gasteiger partial charge in [-0.2, -0.15) is 5.10 Å². The Labute approximate surface area is 165 Å². The molecule has 4 rings (SSSR count). The zero-order valence-electron chi connectivity index (χ0n) is 14.7. The highest BCUT2D eigenvalue weighted by molar-refractivity contribution is 7.12. The van der Waals surface area contributed by atoms with Gasteiger partial charge < -0.3 is 5.32 Å². The Kier molecular flexibility index (Phi) is 4.80. The molecule has 11 heteroatoms. The summed E-state index contributed by atoms with van der Waals surface area (Å²) in [5.74, 6) is -4.86. The minimum atomic E-state index is -1.31. The van der Waals surface area contributed by atoms with Crippen molar-refractivity contribution in [1.82, 2.24) is 24.7 Å². The van der Waals surface area contributed by atoms with Crippen LogP contribution in [0.25, 0.3) is 16.4 Å². The van der Waals surface area contributed by atoms with Crippen LogP contribution in [-0.2, 0) is 0 Å². The summed E-state index contributed by atoms with van der Waals surface area (Å²) in [4.78, 5) is 24.6. The van der Waals surface area contributed by atoms with Crippen LogP contribution < -0.4 is 5.32 Å². The van der Waals surface area contributed by atoms with Gasteiger partial charge in [0.25, 0.3) is 5.91 Å². The fourth-order valence-corrected chi connectivity index (χ4v) is 3.17. The van der Waals surface area contributed by atoms with E-state index in [1.165, 1.54) is 23.7 Å². The summed E-state index contributed by atoms with van der Waals surface area (Å²) in [6.07, 6.45) is 6.05. The number of anilines is 1. The number of nitrogens with one attached hydrogen (secondary N) is 1. The number of benzene rings is 1. The van der Waals surface area contributed by atoms with Gasteiger partial charge in [-0.3, -0.25) is 9.78 Å². The second-order valence-electron chi connectivity index (χ2n) is 5.87. The van der Waals surface area contributed by atoms with E-state index in [9.17, 15) is 18.0 Å². The zero-order chi connectivity index (χ0) is 20.5. The normalized spacial score (nSPS) is 10.9. The number of thiazole rings is 1. The maximum atomic E-state index is 13.7. The number of aromatic nitrogens is 5. The van der Waals surface area contributed by atoms with E-state index in [-0.39, 0.29) is 5.82 Å². The predicted molar refractivity (Wildman–Crippen MR) is 99.3 cm³/mol. The van der Waals surface area contributed by atoms with Crippen LogP contribution in [0.15, 0.2) is 42.3 Å². The lowest BCUT2D eigenvalue weighted by atomic mass is 10.2. The van der Waals surface area contributed by atoms with Gasteiger partial charge in [-0.1, -0.05) is 0 Å². The number of amides is 1. The first-order valence-corrected chi connectivity index (χ1v) is 9.05. The maximum Gasteiger partial charge on any atom is 0.262 e. The second kappa shape index (κ2) is 7.43. The summed E-state index contributed by atoms with van der Waals surface area (Å²) in [5.41, 5.74) is 0.989. The van der Waals surface area contributed by atoms with Crippen molar-refractivity contribution >= 4 is 23.1 Å². The Bertz CT molecular complexity index is 1170. The van der Waals surface area contributed by atoms with Gasteiger partial charge in [-0.25, -0.2) is 27.8 Å². The van der Waals surface area contributed by atoms with Crippen molar-refractivity contribution in [3.63, 3.8) is 0 Å². The highest BCUT2D eigenvalue weighted by Crippen LogP contribution is 2.23.